The standard InChI is InChI=1S/C11H17ClN2O2S/c1-8-3-14(4-10(6-15)16-8)5-11-13-9(2-12)7-17-11/h7-8,10,15H,2-6H2,1H3. The van der Waals surface area contributed by atoms with Crippen molar-refractivity contribution < 1.29 is 9.84 Å². The van der Waals surface area contributed by atoms with Crippen LogP contribution in [0, 0.1) is 0 Å². The number of aromatic nitrogens is 1. The summed E-state index contributed by atoms with van der Waals surface area (Å²) in [6, 6.07) is 0. The molecule has 0 amide bonds. The minimum absolute atomic E-state index is 0.0750. The number of morpholine rings is 1. The SMILES string of the molecule is CC1CN(Cc2nc(CCl)cs2)CC(CO)O1. The van der Waals surface area contributed by atoms with Gasteiger partial charge in [0.05, 0.1) is 36.9 Å². The van der Waals surface area contributed by atoms with E-state index in [-0.39, 0.29) is 18.8 Å². The Hall–Kier alpha value is -0.200. The van der Waals surface area contributed by atoms with Crippen molar-refractivity contribution in [2.45, 2.75) is 31.6 Å². The lowest BCUT2D eigenvalue weighted by Crippen LogP contribution is -2.47. The maximum atomic E-state index is 9.15. The van der Waals surface area contributed by atoms with Crippen molar-refractivity contribution in [2.75, 3.05) is 19.7 Å². The molecule has 4 nitrogen and oxygen atoms in total. The summed E-state index contributed by atoms with van der Waals surface area (Å²) in [5, 5.41) is 12.2. The van der Waals surface area contributed by atoms with Crippen LogP contribution in [0.5, 0.6) is 0 Å². The van der Waals surface area contributed by atoms with Crippen molar-refractivity contribution in [3.63, 3.8) is 0 Å². The highest BCUT2D eigenvalue weighted by Crippen LogP contribution is 2.17. The third-order valence-electron chi connectivity index (χ3n) is 2.70. The molecule has 1 aliphatic heterocycles. The molecule has 1 saturated heterocycles. The molecular formula is C11H17ClN2O2S. The van der Waals surface area contributed by atoms with E-state index in [1.54, 1.807) is 11.3 Å². The van der Waals surface area contributed by atoms with Crippen molar-refractivity contribution in [1.82, 2.24) is 9.88 Å². The van der Waals surface area contributed by atoms with E-state index in [1.165, 1.54) is 0 Å². The van der Waals surface area contributed by atoms with Gasteiger partial charge in [-0.1, -0.05) is 0 Å². The molecule has 0 radical (unpaired) electrons. The first-order valence-corrected chi connectivity index (χ1v) is 7.10. The zero-order valence-electron chi connectivity index (χ0n) is 9.80. The van der Waals surface area contributed by atoms with Crippen LogP contribution in [0.1, 0.15) is 17.6 Å². The quantitative estimate of drug-likeness (QED) is 0.846. The molecule has 1 N–H and O–H groups in total. The number of halogens is 1. The molecule has 0 bridgehead atoms. The first-order chi connectivity index (χ1) is 8.21. The minimum atomic E-state index is -0.0776. The molecule has 2 atom stereocenters. The van der Waals surface area contributed by atoms with Crippen LogP contribution < -0.4 is 0 Å². The van der Waals surface area contributed by atoms with Crippen LogP contribution in [0.2, 0.25) is 0 Å². The van der Waals surface area contributed by atoms with Gasteiger partial charge in [0.2, 0.25) is 0 Å². The van der Waals surface area contributed by atoms with Crippen LogP contribution in [0.3, 0.4) is 0 Å². The van der Waals surface area contributed by atoms with Gasteiger partial charge in [-0.15, -0.1) is 22.9 Å². The van der Waals surface area contributed by atoms with Crippen molar-refractivity contribution >= 4 is 22.9 Å². The Bertz CT molecular complexity index is 361. The predicted molar refractivity (Wildman–Crippen MR) is 68.4 cm³/mol. The van der Waals surface area contributed by atoms with Gasteiger partial charge in [0.15, 0.2) is 0 Å². The highest BCUT2D eigenvalue weighted by Gasteiger charge is 2.25. The molecule has 2 unspecified atom stereocenters. The van der Waals surface area contributed by atoms with Crippen molar-refractivity contribution in [1.29, 1.82) is 0 Å². The average Bonchev–Trinajstić information content (AvgIpc) is 2.76. The molecule has 6 heteroatoms. The van der Waals surface area contributed by atoms with Crippen LogP contribution in [0.4, 0.5) is 0 Å². The Morgan fingerprint density at radius 1 is 1.65 bits per heavy atom. The summed E-state index contributed by atoms with van der Waals surface area (Å²) < 4.78 is 5.60. The Labute approximate surface area is 110 Å². The molecule has 17 heavy (non-hydrogen) atoms. The summed E-state index contributed by atoms with van der Waals surface area (Å²) >= 11 is 7.37. The smallest absolute Gasteiger partial charge is 0.107 e. The van der Waals surface area contributed by atoms with Crippen molar-refractivity contribution in [2.24, 2.45) is 0 Å². The highest BCUT2D eigenvalue weighted by atomic mass is 35.5. The summed E-state index contributed by atoms with van der Waals surface area (Å²) in [4.78, 5) is 6.71. The molecule has 1 aromatic rings. The maximum absolute atomic E-state index is 9.15. The molecule has 96 valence electrons. The highest BCUT2D eigenvalue weighted by molar-refractivity contribution is 7.09. The van der Waals surface area contributed by atoms with E-state index in [0.29, 0.717) is 5.88 Å². The second kappa shape index (κ2) is 6.11. The number of ether oxygens (including phenoxy) is 1. The largest absolute Gasteiger partial charge is 0.394 e. The minimum Gasteiger partial charge on any atom is -0.394 e. The molecular weight excluding hydrogens is 260 g/mol. The Balaban J connectivity index is 1.93. The molecule has 1 aliphatic rings. The fourth-order valence-corrected chi connectivity index (χ4v) is 3.11. The summed E-state index contributed by atoms with van der Waals surface area (Å²) in [6.07, 6.45) is 0.0829. The molecule has 0 spiro atoms. The third kappa shape index (κ3) is 3.63. The fourth-order valence-electron chi connectivity index (χ4n) is 2.04. The van der Waals surface area contributed by atoms with E-state index in [9.17, 15) is 0 Å². The summed E-state index contributed by atoms with van der Waals surface area (Å²) in [5.41, 5.74) is 0.937. The second-order valence-corrected chi connectivity index (χ2v) is 5.52. The Morgan fingerprint density at radius 2 is 2.47 bits per heavy atom. The van der Waals surface area contributed by atoms with E-state index < -0.39 is 0 Å². The third-order valence-corrected chi connectivity index (χ3v) is 3.86. The first-order valence-electron chi connectivity index (χ1n) is 5.69. The van der Waals surface area contributed by atoms with E-state index >= 15 is 0 Å². The van der Waals surface area contributed by atoms with Gasteiger partial charge in [0, 0.05) is 18.5 Å². The fraction of sp³-hybridized carbons (Fsp3) is 0.727. The lowest BCUT2D eigenvalue weighted by molar-refractivity contribution is -0.0972. The zero-order chi connectivity index (χ0) is 12.3. The van der Waals surface area contributed by atoms with E-state index in [4.69, 9.17) is 21.4 Å². The number of rotatable bonds is 4. The van der Waals surface area contributed by atoms with Crippen LogP contribution in [0.25, 0.3) is 0 Å². The summed E-state index contributed by atoms with van der Waals surface area (Å²) in [5.74, 6) is 0.468. The number of hydrogen-bond acceptors (Lipinski definition) is 5. The Kier molecular flexibility index (Phi) is 4.76. The number of hydrogen-bond donors (Lipinski definition) is 1. The van der Waals surface area contributed by atoms with Crippen LogP contribution >= 0.6 is 22.9 Å². The molecule has 1 fully saturated rings. The van der Waals surface area contributed by atoms with Gasteiger partial charge in [0.1, 0.15) is 5.01 Å². The second-order valence-electron chi connectivity index (χ2n) is 4.31. The average molecular weight is 277 g/mol. The van der Waals surface area contributed by atoms with Gasteiger partial charge in [-0.25, -0.2) is 4.98 Å². The topological polar surface area (TPSA) is 45.6 Å². The summed E-state index contributed by atoms with van der Waals surface area (Å²) in [6.45, 7) is 4.56. The van der Waals surface area contributed by atoms with Gasteiger partial charge in [-0.3, -0.25) is 4.90 Å². The van der Waals surface area contributed by atoms with Gasteiger partial charge < -0.3 is 9.84 Å². The van der Waals surface area contributed by atoms with Gasteiger partial charge in [-0.05, 0) is 6.92 Å². The Morgan fingerprint density at radius 3 is 3.12 bits per heavy atom. The number of aliphatic hydroxyl groups excluding tert-OH is 1. The maximum Gasteiger partial charge on any atom is 0.107 e. The molecule has 1 aromatic heterocycles. The summed E-state index contributed by atoms with van der Waals surface area (Å²) in [7, 11) is 0. The monoisotopic (exact) mass is 276 g/mol. The normalized spacial score (nSPS) is 26.3. The lowest BCUT2D eigenvalue weighted by atomic mass is 10.2. The number of aliphatic hydroxyl groups is 1. The van der Waals surface area contributed by atoms with Crippen molar-refractivity contribution in [3.8, 4) is 0 Å². The van der Waals surface area contributed by atoms with Crippen molar-refractivity contribution in [3.05, 3.63) is 16.1 Å². The van der Waals surface area contributed by atoms with Gasteiger partial charge >= 0.3 is 0 Å². The molecule has 0 aliphatic carbocycles. The molecule has 0 aromatic carbocycles. The molecule has 2 rings (SSSR count). The van der Waals surface area contributed by atoms with Crippen LogP contribution in [0.15, 0.2) is 5.38 Å². The molecule has 2 heterocycles. The predicted octanol–water partition coefficient (Wildman–Crippen LogP) is 1.46. The van der Waals surface area contributed by atoms with Crippen LogP contribution in [-0.4, -0.2) is 46.9 Å². The first kappa shape index (κ1) is 13.2. The molecule has 0 saturated carbocycles. The number of thiazole rings is 1. The van der Waals surface area contributed by atoms with Gasteiger partial charge in [-0.2, -0.15) is 0 Å². The van der Waals surface area contributed by atoms with E-state index in [0.717, 1.165) is 30.3 Å². The lowest BCUT2D eigenvalue weighted by Gasteiger charge is -2.35. The van der Waals surface area contributed by atoms with Gasteiger partial charge in [0.25, 0.3) is 0 Å². The van der Waals surface area contributed by atoms with Crippen LogP contribution in [-0.2, 0) is 17.2 Å². The number of alkyl halides is 1. The number of nitrogens with zero attached hydrogens (tertiary/aromatic N) is 2. The zero-order valence-corrected chi connectivity index (χ0v) is 11.4. The van der Waals surface area contributed by atoms with E-state index in [1.807, 2.05) is 12.3 Å². The van der Waals surface area contributed by atoms with E-state index in [2.05, 4.69) is 9.88 Å².